The van der Waals surface area contributed by atoms with Crippen LogP contribution in [0, 0.1) is 12.8 Å². The first-order valence-corrected chi connectivity index (χ1v) is 7.81. The molecule has 1 fully saturated rings. The predicted octanol–water partition coefficient (Wildman–Crippen LogP) is 1.07. The molecule has 5 heteroatoms. The van der Waals surface area contributed by atoms with Crippen molar-refractivity contribution < 1.29 is 5.11 Å². The first-order valence-electron chi connectivity index (χ1n) is 7.81. The first kappa shape index (κ1) is 15.5. The number of likely N-dealkylation sites (tertiary alicyclic amines) is 1. The zero-order chi connectivity index (χ0) is 14.4. The normalized spacial score (nSPS) is 20.4. The highest BCUT2D eigenvalue weighted by atomic mass is 16.3. The number of nitrogens with zero attached hydrogens (tertiary/aromatic N) is 2. The van der Waals surface area contributed by atoms with Crippen molar-refractivity contribution in [3.8, 4) is 0 Å². The van der Waals surface area contributed by atoms with E-state index in [4.69, 9.17) is 0 Å². The molecule has 1 aliphatic heterocycles. The second-order valence-electron chi connectivity index (χ2n) is 5.78. The number of rotatable bonds is 7. The van der Waals surface area contributed by atoms with Crippen LogP contribution in [0.25, 0.3) is 0 Å². The molecule has 1 aromatic rings. The maximum Gasteiger partial charge on any atom is 0.106 e. The van der Waals surface area contributed by atoms with E-state index >= 15 is 0 Å². The van der Waals surface area contributed by atoms with Gasteiger partial charge in [0.15, 0.2) is 0 Å². The molecule has 0 aliphatic carbocycles. The fraction of sp³-hybridized carbons (Fsp3) is 0.800. The molecule has 0 spiro atoms. The summed E-state index contributed by atoms with van der Waals surface area (Å²) >= 11 is 0. The Hall–Kier alpha value is -0.910. The summed E-state index contributed by atoms with van der Waals surface area (Å²) < 4.78 is 0. The molecule has 20 heavy (non-hydrogen) atoms. The quantitative estimate of drug-likeness (QED) is 0.654. The maximum atomic E-state index is 9.23. The van der Waals surface area contributed by atoms with Gasteiger partial charge in [0.2, 0.25) is 0 Å². The Balaban J connectivity index is 1.67. The van der Waals surface area contributed by atoms with Crippen molar-refractivity contribution in [1.29, 1.82) is 0 Å². The number of H-pyrrole nitrogens is 1. The topological polar surface area (TPSA) is 64.2 Å². The van der Waals surface area contributed by atoms with Crippen LogP contribution in [0.3, 0.4) is 0 Å². The predicted molar refractivity (Wildman–Crippen MR) is 80.7 cm³/mol. The number of piperidine rings is 1. The molecule has 2 heterocycles. The molecule has 1 aliphatic rings. The van der Waals surface area contributed by atoms with Crippen LogP contribution in [0.1, 0.15) is 37.0 Å². The summed E-state index contributed by atoms with van der Waals surface area (Å²) in [6, 6.07) is 0. The van der Waals surface area contributed by atoms with Gasteiger partial charge >= 0.3 is 0 Å². The van der Waals surface area contributed by atoms with Crippen LogP contribution in [0.2, 0.25) is 0 Å². The number of hydrogen-bond donors (Lipinski definition) is 3. The van der Waals surface area contributed by atoms with E-state index in [2.05, 4.69) is 34.0 Å². The van der Waals surface area contributed by atoms with Gasteiger partial charge in [0, 0.05) is 44.9 Å². The fourth-order valence-corrected chi connectivity index (χ4v) is 2.85. The Kier molecular flexibility index (Phi) is 6.01. The third-order valence-electron chi connectivity index (χ3n) is 4.13. The van der Waals surface area contributed by atoms with Gasteiger partial charge in [-0.1, -0.05) is 6.92 Å². The summed E-state index contributed by atoms with van der Waals surface area (Å²) in [7, 11) is 0. The van der Waals surface area contributed by atoms with Crippen LogP contribution in [-0.2, 0) is 13.0 Å². The van der Waals surface area contributed by atoms with Gasteiger partial charge in [-0.2, -0.15) is 0 Å². The first-order chi connectivity index (χ1) is 9.72. The Morgan fingerprint density at radius 1 is 1.50 bits per heavy atom. The van der Waals surface area contributed by atoms with Crippen LogP contribution < -0.4 is 5.32 Å². The van der Waals surface area contributed by atoms with Crippen molar-refractivity contribution in [3.63, 3.8) is 0 Å². The van der Waals surface area contributed by atoms with Gasteiger partial charge < -0.3 is 20.3 Å². The lowest BCUT2D eigenvalue weighted by molar-refractivity contribution is 0.121. The number of hydrogen-bond acceptors (Lipinski definition) is 4. The Labute approximate surface area is 121 Å². The zero-order valence-corrected chi connectivity index (χ0v) is 12.8. The number of aliphatic hydroxyl groups is 1. The minimum Gasteiger partial charge on any atom is -0.396 e. The van der Waals surface area contributed by atoms with Gasteiger partial charge in [-0.15, -0.1) is 0 Å². The summed E-state index contributed by atoms with van der Waals surface area (Å²) in [5.41, 5.74) is 2.31. The largest absolute Gasteiger partial charge is 0.396 e. The third-order valence-corrected chi connectivity index (χ3v) is 4.13. The molecular formula is C15H28N4O. The minimum absolute atomic E-state index is 0.330. The molecule has 5 nitrogen and oxygen atoms in total. The lowest BCUT2D eigenvalue weighted by atomic mass is 9.99. The van der Waals surface area contributed by atoms with Crippen molar-refractivity contribution in [2.45, 2.75) is 39.7 Å². The summed E-state index contributed by atoms with van der Waals surface area (Å²) in [4.78, 5) is 10.3. The van der Waals surface area contributed by atoms with Gasteiger partial charge in [-0.05, 0) is 32.2 Å². The lowest BCUT2D eigenvalue weighted by Gasteiger charge is -2.31. The van der Waals surface area contributed by atoms with Crippen LogP contribution in [0.15, 0.2) is 0 Å². The van der Waals surface area contributed by atoms with Crippen LogP contribution >= 0.6 is 0 Å². The summed E-state index contributed by atoms with van der Waals surface area (Å²) in [5.74, 6) is 1.55. The molecule has 1 saturated heterocycles. The van der Waals surface area contributed by atoms with E-state index in [-0.39, 0.29) is 0 Å². The Bertz CT molecular complexity index is 405. The smallest absolute Gasteiger partial charge is 0.106 e. The van der Waals surface area contributed by atoms with Gasteiger partial charge in [-0.3, -0.25) is 0 Å². The third kappa shape index (κ3) is 4.30. The number of aromatic amines is 1. The molecule has 0 saturated carbocycles. The summed E-state index contributed by atoms with van der Waals surface area (Å²) in [6.45, 7) is 9.60. The average molecular weight is 280 g/mol. The number of nitrogens with one attached hydrogen (secondary N) is 2. The highest BCUT2D eigenvalue weighted by Gasteiger charge is 2.18. The Morgan fingerprint density at radius 2 is 2.35 bits per heavy atom. The van der Waals surface area contributed by atoms with E-state index < -0.39 is 0 Å². The van der Waals surface area contributed by atoms with Crippen molar-refractivity contribution >= 4 is 0 Å². The van der Waals surface area contributed by atoms with E-state index in [1.54, 1.807) is 0 Å². The molecule has 1 aromatic heterocycles. The molecule has 1 atom stereocenters. The van der Waals surface area contributed by atoms with Gasteiger partial charge in [0.25, 0.3) is 0 Å². The highest BCUT2D eigenvalue weighted by molar-refractivity contribution is 5.12. The zero-order valence-electron chi connectivity index (χ0n) is 12.8. The SMILES string of the molecule is CCc1nc(CNCCN2CCCC(CO)C2)c(C)[nH]1. The molecule has 114 valence electrons. The Morgan fingerprint density at radius 3 is 3.05 bits per heavy atom. The van der Waals surface area contributed by atoms with Crippen molar-refractivity contribution in [2.24, 2.45) is 5.92 Å². The highest BCUT2D eigenvalue weighted by Crippen LogP contribution is 2.14. The fourth-order valence-electron chi connectivity index (χ4n) is 2.85. The van der Waals surface area contributed by atoms with E-state index in [0.717, 1.165) is 44.1 Å². The number of imidazole rings is 1. The molecular weight excluding hydrogens is 252 g/mol. The van der Waals surface area contributed by atoms with Gasteiger partial charge in [-0.25, -0.2) is 4.98 Å². The number of aromatic nitrogens is 2. The standard InChI is InChI=1S/C15H28N4O/c1-3-15-17-12(2)14(18-15)9-16-6-8-19-7-4-5-13(10-19)11-20/h13,16,20H,3-11H2,1-2H3,(H,17,18). The lowest BCUT2D eigenvalue weighted by Crippen LogP contribution is -2.40. The van der Waals surface area contributed by atoms with Crippen molar-refractivity contribution in [1.82, 2.24) is 20.2 Å². The minimum atomic E-state index is 0.330. The van der Waals surface area contributed by atoms with E-state index in [1.807, 2.05) is 0 Å². The van der Waals surface area contributed by atoms with E-state index in [1.165, 1.54) is 25.1 Å². The molecule has 0 amide bonds. The molecule has 0 radical (unpaired) electrons. The summed E-state index contributed by atoms with van der Waals surface area (Å²) in [6.07, 6.45) is 3.34. The molecule has 0 aromatic carbocycles. The number of aryl methyl sites for hydroxylation is 2. The second kappa shape index (κ2) is 7.76. The van der Waals surface area contributed by atoms with Crippen LogP contribution in [-0.4, -0.2) is 52.8 Å². The van der Waals surface area contributed by atoms with Crippen molar-refractivity contribution in [2.75, 3.05) is 32.8 Å². The average Bonchev–Trinajstić information content (AvgIpc) is 2.84. The molecule has 2 rings (SSSR count). The van der Waals surface area contributed by atoms with E-state index in [9.17, 15) is 5.11 Å². The molecule has 1 unspecified atom stereocenters. The summed E-state index contributed by atoms with van der Waals surface area (Å²) in [5, 5.41) is 12.7. The van der Waals surface area contributed by atoms with Gasteiger partial charge in [0.05, 0.1) is 5.69 Å². The van der Waals surface area contributed by atoms with Crippen LogP contribution in [0.4, 0.5) is 0 Å². The molecule has 3 N–H and O–H groups in total. The van der Waals surface area contributed by atoms with Crippen molar-refractivity contribution in [3.05, 3.63) is 17.2 Å². The van der Waals surface area contributed by atoms with Crippen LogP contribution in [0.5, 0.6) is 0 Å². The van der Waals surface area contributed by atoms with Gasteiger partial charge in [0.1, 0.15) is 5.82 Å². The maximum absolute atomic E-state index is 9.23. The number of aliphatic hydroxyl groups excluding tert-OH is 1. The molecule has 0 bridgehead atoms. The van der Waals surface area contributed by atoms with E-state index in [0.29, 0.717) is 12.5 Å². The monoisotopic (exact) mass is 280 g/mol. The second-order valence-corrected chi connectivity index (χ2v) is 5.78.